The van der Waals surface area contributed by atoms with E-state index in [1.165, 1.54) is 11.1 Å². The Morgan fingerprint density at radius 3 is 2.69 bits per heavy atom. The van der Waals surface area contributed by atoms with Gasteiger partial charge < -0.3 is 15.1 Å². The Balaban J connectivity index is 1.36. The van der Waals surface area contributed by atoms with Gasteiger partial charge in [-0.15, -0.1) is 0 Å². The van der Waals surface area contributed by atoms with Crippen molar-refractivity contribution in [3.63, 3.8) is 0 Å². The number of benzene rings is 1. The fourth-order valence-corrected chi connectivity index (χ4v) is 3.91. The maximum atomic E-state index is 12.6. The molecule has 1 aliphatic carbocycles. The summed E-state index contributed by atoms with van der Waals surface area (Å²) in [5, 5.41) is 5.98. The molecule has 0 bridgehead atoms. The van der Waals surface area contributed by atoms with Crippen LogP contribution < -0.4 is 10.6 Å². The van der Waals surface area contributed by atoms with Crippen molar-refractivity contribution >= 4 is 11.8 Å². The molecule has 2 aliphatic rings. The van der Waals surface area contributed by atoms with Crippen molar-refractivity contribution in [2.75, 3.05) is 13.1 Å². The van der Waals surface area contributed by atoms with Gasteiger partial charge in [0, 0.05) is 31.2 Å². The average molecular weight is 353 g/mol. The third kappa shape index (κ3) is 3.65. The van der Waals surface area contributed by atoms with Crippen LogP contribution in [0.15, 0.2) is 47.3 Å². The van der Waals surface area contributed by atoms with Gasteiger partial charge in [0.25, 0.3) is 0 Å². The zero-order valence-electron chi connectivity index (χ0n) is 14.6. The van der Waals surface area contributed by atoms with Crippen molar-refractivity contribution in [1.82, 2.24) is 15.5 Å². The molecule has 1 aliphatic heterocycles. The van der Waals surface area contributed by atoms with E-state index >= 15 is 0 Å². The maximum Gasteiger partial charge on any atom is 0.237 e. The summed E-state index contributed by atoms with van der Waals surface area (Å²) >= 11 is 0. The van der Waals surface area contributed by atoms with Crippen LogP contribution in [0.4, 0.5) is 0 Å². The summed E-state index contributed by atoms with van der Waals surface area (Å²) in [5.74, 6) is -0.147. The van der Waals surface area contributed by atoms with Crippen molar-refractivity contribution in [2.24, 2.45) is 0 Å². The molecule has 1 fully saturated rings. The van der Waals surface area contributed by atoms with E-state index in [0.717, 1.165) is 24.9 Å². The van der Waals surface area contributed by atoms with Crippen molar-refractivity contribution in [2.45, 2.75) is 37.9 Å². The first-order valence-electron chi connectivity index (χ1n) is 9.08. The Morgan fingerprint density at radius 2 is 2.00 bits per heavy atom. The molecule has 6 nitrogen and oxygen atoms in total. The molecule has 6 heteroatoms. The number of nitrogens with zero attached hydrogens (tertiary/aromatic N) is 1. The van der Waals surface area contributed by atoms with Gasteiger partial charge in [0.1, 0.15) is 0 Å². The number of nitrogens with one attached hydrogen (secondary N) is 2. The van der Waals surface area contributed by atoms with Crippen molar-refractivity contribution in [3.05, 3.63) is 59.5 Å². The smallest absolute Gasteiger partial charge is 0.237 e. The normalized spacial score (nSPS) is 20.6. The number of furan rings is 1. The van der Waals surface area contributed by atoms with Gasteiger partial charge in [-0.1, -0.05) is 24.3 Å². The molecule has 2 N–H and O–H groups in total. The molecule has 2 aromatic rings. The number of piperazine rings is 1. The Morgan fingerprint density at radius 1 is 1.23 bits per heavy atom. The fraction of sp³-hybridized carbons (Fsp3) is 0.400. The van der Waals surface area contributed by atoms with E-state index in [9.17, 15) is 9.59 Å². The third-order valence-electron chi connectivity index (χ3n) is 5.20. The van der Waals surface area contributed by atoms with E-state index in [0.29, 0.717) is 13.1 Å². The molecule has 1 saturated heterocycles. The zero-order valence-corrected chi connectivity index (χ0v) is 14.6. The average Bonchev–Trinajstić information content (AvgIpc) is 3.26. The summed E-state index contributed by atoms with van der Waals surface area (Å²) in [7, 11) is 0. The SMILES string of the molecule is O=C(CC1C(=O)NCCN1Cc1ccoc1)NC1Cc2ccccc2C1. The summed E-state index contributed by atoms with van der Waals surface area (Å²) in [6.45, 7) is 1.94. The molecule has 0 saturated carbocycles. The number of hydrogen-bond acceptors (Lipinski definition) is 4. The summed E-state index contributed by atoms with van der Waals surface area (Å²) < 4.78 is 5.11. The lowest BCUT2D eigenvalue weighted by atomic mass is 10.1. The first-order chi connectivity index (χ1) is 12.7. The molecular weight excluding hydrogens is 330 g/mol. The molecule has 4 rings (SSSR count). The summed E-state index contributed by atoms with van der Waals surface area (Å²) in [6.07, 6.45) is 5.20. The van der Waals surface area contributed by atoms with Gasteiger partial charge in [-0.2, -0.15) is 0 Å². The fourth-order valence-electron chi connectivity index (χ4n) is 3.91. The van der Waals surface area contributed by atoms with Gasteiger partial charge in [0.2, 0.25) is 11.8 Å². The van der Waals surface area contributed by atoms with E-state index in [1.807, 2.05) is 23.1 Å². The lowest BCUT2D eigenvalue weighted by Gasteiger charge is -2.34. The van der Waals surface area contributed by atoms with Crippen LogP contribution in [0.25, 0.3) is 0 Å². The molecule has 136 valence electrons. The van der Waals surface area contributed by atoms with E-state index in [4.69, 9.17) is 4.42 Å². The van der Waals surface area contributed by atoms with E-state index in [2.05, 4.69) is 22.8 Å². The minimum absolute atomic E-state index is 0.0675. The Labute approximate surface area is 152 Å². The highest BCUT2D eigenvalue weighted by molar-refractivity contribution is 5.89. The van der Waals surface area contributed by atoms with Gasteiger partial charge in [0.15, 0.2) is 0 Å². The number of hydrogen-bond donors (Lipinski definition) is 2. The highest BCUT2D eigenvalue weighted by Gasteiger charge is 2.32. The number of carbonyl (C=O) groups excluding carboxylic acids is 2. The van der Waals surface area contributed by atoms with E-state index in [1.54, 1.807) is 12.5 Å². The van der Waals surface area contributed by atoms with E-state index < -0.39 is 6.04 Å². The monoisotopic (exact) mass is 353 g/mol. The second-order valence-corrected chi connectivity index (χ2v) is 7.05. The summed E-state index contributed by atoms with van der Waals surface area (Å²) in [6, 6.07) is 9.85. The zero-order chi connectivity index (χ0) is 17.9. The number of rotatable bonds is 5. The first kappa shape index (κ1) is 16.8. The van der Waals surface area contributed by atoms with Crippen LogP contribution in [-0.4, -0.2) is 41.9 Å². The molecule has 26 heavy (non-hydrogen) atoms. The second kappa shape index (κ2) is 7.33. The lowest BCUT2D eigenvalue weighted by molar-refractivity contribution is -0.134. The number of fused-ring (bicyclic) bond motifs is 1. The highest BCUT2D eigenvalue weighted by Crippen LogP contribution is 2.22. The van der Waals surface area contributed by atoms with Crippen LogP contribution in [0.2, 0.25) is 0 Å². The predicted octanol–water partition coefficient (Wildman–Crippen LogP) is 1.25. The molecule has 1 atom stereocenters. The Hall–Kier alpha value is -2.60. The van der Waals surface area contributed by atoms with Crippen molar-refractivity contribution in [3.8, 4) is 0 Å². The van der Waals surface area contributed by atoms with E-state index in [-0.39, 0.29) is 24.3 Å². The molecule has 1 aromatic heterocycles. The van der Waals surface area contributed by atoms with Crippen molar-refractivity contribution in [1.29, 1.82) is 0 Å². The molecule has 1 unspecified atom stereocenters. The van der Waals surface area contributed by atoms with Crippen LogP contribution in [0, 0.1) is 0 Å². The molecule has 2 amide bonds. The van der Waals surface area contributed by atoms with Gasteiger partial charge >= 0.3 is 0 Å². The standard InChI is InChI=1S/C20H23N3O3/c24-19(22-17-9-15-3-1-2-4-16(15)10-17)11-18-20(25)21-6-7-23(18)12-14-5-8-26-13-14/h1-5,8,13,17-18H,6-7,9-12H2,(H,21,25)(H,22,24). The lowest BCUT2D eigenvalue weighted by Crippen LogP contribution is -2.56. The van der Waals surface area contributed by atoms with Gasteiger partial charge in [-0.25, -0.2) is 0 Å². The molecule has 2 heterocycles. The summed E-state index contributed by atoms with van der Waals surface area (Å²) in [4.78, 5) is 27.0. The maximum absolute atomic E-state index is 12.6. The number of amides is 2. The van der Waals surface area contributed by atoms with Gasteiger partial charge in [0.05, 0.1) is 25.0 Å². The highest BCUT2D eigenvalue weighted by atomic mass is 16.3. The first-order valence-corrected chi connectivity index (χ1v) is 9.08. The van der Waals surface area contributed by atoms with Gasteiger partial charge in [-0.3, -0.25) is 14.5 Å². The second-order valence-electron chi connectivity index (χ2n) is 7.05. The third-order valence-corrected chi connectivity index (χ3v) is 5.20. The molecular formula is C20H23N3O3. The Bertz CT molecular complexity index is 762. The summed E-state index contributed by atoms with van der Waals surface area (Å²) in [5.41, 5.74) is 3.61. The minimum Gasteiger partial charge on any atom is -0.472 e. The van der Waals surface area contributed by atoms with Crippen LogP contribution in [0.1, 0.15) is 23.1 Å². The molecule has 0 spiro atoms. The minimum atomic E-state index is -0.442. The van der Waals surface area contributed by atoms with Crippen molar-refractivity contribution < 1.29 is 14.0 Å². The van der Waals surface area contributed by atoms with Crippen LogP contribution >= 0.6 is 0 Å². The number of carbonyl (C=O) groups is 2. The predicted molar refractivity (Wildman–Crippen MR) is 96.3 cm³/mol. The molecule has 1 aromatic carbocycles. The topological polar surface area (TPSA) is 74.6 Å². The Kier molecular flexibility index (Phi) is 4.75. The quantitative estimate of drug-likeness (QED) is 0.849. The molecule has 0 radical (unpaired) electrons. The van der Waals surface area contributed by atoms with Crippen LogP contribution in [0.5, 0.6) is 0 Å². The largest absolute Gasteiger partial charge is 0.472 e. The van der Waals surface area contributed by atoms with Crippen LogP contribution in [0.3, 0.4) is 0 Å². The van der Waals surface area contributed by atoms with Gasteiger partial charge in [-0.05, 0) is 30.0 Å². The van der Waals surface area contributed by atoms with Crippen LogP contribution in [-0.2, 0) is 29.0 Å².